The van der Waals surface area contributed by atoms with E-state index in [9.17, 15) is 44.5 Å². The molecular weight excluding hydrogens is 632 g/mol. The number of unbranched alkanes of at least 4 members (excludes halogenated alkanes) is 4. The predicted octanol–water partition coefficient (Wildman–Crippen LogP) is 4.20. The number of hydrogen-bond donors (Lipinski definition) is 1. The summed E-state index contributed by atoms with van der Waals surface area (Å²) in [6.45, 7) is 3.12. The van der Waals surface area contributed by atoms with Gasteiger partial charge in [0.05, 0.1) is 19.3 Å². The number of carbonyl (C=O) groups excluding carboxylic acids is 4. The van der Waals surface area contributed by atoms with Crippen molar-refractivity contribution >= 4 is 23.5 Å². The Morgan fingerprint density at radius 1 is 0.958 bits per heavy atom. The van der Waals surface area contributed by atoms with Crippen LogP contribution < -0.4 is 0 Å². The van der Waals surface area contributed by atoms with Gasteiger partial charge in [0.15, 0.2) is 18.0 Å². The number of allylic oxidation sites excluding steroid dienone is 4. The molecule has 4 aliphatic carbocycles. The number of hydrogen-bond acceptors (Lipinski definition) is 13. The van der Waals surface area contributed by atoms with Gasteiger partial charge in [0.2, 0.25) is 5.78 Å². The smallest absolute Gasteiger partial charge is 0.306 e. The summed E-state index contributed by atoms with van der Waals surface area (Å²) in [5.74, 6) is -2.14. The van der Waals surface area contributed by atoms with Crippen LogP contribution in [0.25, 0.3) is 0 Å². The number of fused-ring (bicyclic) bond motifs is 5. The lowest BCUT2D eigenvalue weighted by Gasteiger charge is -2.59. The van der Waals surface area contributed by atoms with E-state index in [1.807, 2.05) is 19.9 Å². The molecule has 0 radical (unpaired) electrons. The Morgan fingerprint density at radius 2 is 1.58 bits per heavy atom. The summed E-state index contributed by atoms with van der Waals surface area (Å²) in [4.78, 5) is 81.5. The SMILES string of the molecule is C[C@]12C=CC(=O)CC1=CCC1C3CC[C@](OC(=O)CCCCCO[N+](=O)[O-])(C(=O)COC(=O)CCCCCO[N+](=O)[O-])[C@@]3(C)C[C@H](O)[C@@H]12. The van der Waals surface area contributed by atoms with Gasteiger partial charge in [0, 0.05) is 36.0 Å². The van der Waals surface area contributed by atoms with Gasteiger partial charge in [0.25, 0.3) is 10.2 Å². The van der Waals surface area contributed by atoms with Gasteiger partial charge in [0.1, 0.15) is 0 Å². The first-order valence-corrected chi connectivity index (χ1v) is 16.8. The highest BCUT2D eigenvalue weighted by Crippen LogP contribution is 2.67. The molecule has 0 aromatic heterocycles. The topological polar surface area (TPSA) is 212 Å². The zero-order valence-electron chi connectivity index (χ0n) is 27.6. The first-order valence-electron chi connectivity index (χ1n) is 16.8. The minimum absolute atomic E-state index is 0.00960. The van der Waals surface area contributed by atoms with Crippen molar-refractivity contribution in [2.24, 2.45) is 28.6 Å². The van der Waals surface area contributed by atoms with E-state index in [4.69, 9.17) is 9.47 Å². The Kier molecular flexibility index (Phi) is 12.0. The summed E-state index contributed by atoms with van der Waals surface area (Å²) >= 11 is 0. The molecule has 2 saturated carbocycles. The molecule has 2 unspecified atom stereocenters. The molecule has 0 amide bonds. The van der Waals surface area contributed by atoms with E-state index >= 15 is 0 Å². The van der Waals surface area contributed by atoms with Gasteiger partial charge in [-0.15, -0.1) is 20.2 Å². The van der Waals surface area contributed by atoms with Crippen LogP contribution in [-0.4, -0.2) is 70.3 Å². The number of aliphatic hydroxyl groups excluding tert-OH is 1. The van der Waals surface area contributed by atoms with Crippen LogP contribution in [0, 0.1) is 48.8 Å². The molecule has 7 atom stereocenters. The maximum Gasteiger partial charge on any atom is 0.306 e. The van der Waals surface area contributed by atoms with Gasteiger partial charge in [-0.3, -0.25) is 19.2 Å². The number of esters is 2. The third-order valence-corrected chi connectivity index (χ3v) is 11.1. The second kappa shape index (κ2) is 15.6. The van der Waals surface area contributed by atoms with Crippen LogP contribution in [-0.2, 0) is 38.3 Å². The maximum atomic E-state index is 14.2. The van der Waals surface area contributed by atoms with Crippen molar-refractivity contribution in [1.29, 1.82) is 0 Å². The average molecular weight is 679 g/mol. The molecule has 266 valence electrons. The van der Waals surface area contributed by atoms with Crippen LogP contribution in [0.1, 0.15) is 97.3 Å². The van der Waals surface area contributed by atoms with E-state index < -0.39 is 57.0 Å². The van der Waals surface area contributed by atoms with Crippen LogP contribution in [0.2, 0.25) is 0 Å². The fourth-order valence-electron chi connectivity index (χ4n) is 8.86. The molecule has 4 aliphatic rings. The number of ether oxygens (including phenoxy) is 2. The highest BCUT2D eigenvalue weighted by atomic mass is 17.0. The average Bonchev–Trinajstić information content (AvgIpc) is 3.31. The Balaban J connectivity index is 1.48. The minimum atomic E-state index is -1.65. The standard InChI is InChI=1S/C33H46N2O13/c1-31-15-13-23(36)19-22(31)11-12-24-25-14-16-33(32(25,2)20-26(37)30(24)31,48-29(40)10-6-4-8-18-47-35(43)44)27(38)21-45-28(39)9-5-3-7-17-46-34(41)42/h11,13,15,24-26,30,37H,3-10,12,14,16-21H2,1-2H3/t24?,25?,26-,30+,31-,32-,33-/m0/s1. The van der Waals surface area contributed by atoms with Crippen molar-refractivity contribution in [2.45, 2.75) is 109 Å². The van der Waals surface area contributed by atoms with E-state index in [0.29, 0.717) is 57.8 Å². The molecule has 4 rings (SSSR count). The lowest BCUT2D eigenvalue weighted by Crippen LogP contribution is -2.62. The lowest BCUT2D eigenvalue weighted by atomic mass is 9.47. The monoisotopic (exact) mass is 678 g/mol. The molecule has 0 spiro atoms. The van der Waals surface area contributed by atoms with Crippen molar-refractivity contribution in [3.63, 3.8) is 0 Å². The maximum absolute atomic E-state index is 14.2. The minimum Gasteiger partial charge on any atom is -0.457 e. The Hall–Kier alpha value is -3.88. The van der Waals surface area contributed by atoms with E-state index in [-0.39, 0.29) is 62.4 Å². The van der Waals surface area contributed by atoms with Crippen LogP contribution in [0.15, 0.2) is 23.8 Å². The molecule has 48 heavy (non-hydrogen) atoms. The van der Waals surface area contributed by atoms with Gasteiger partial charge < -0.3 is 24.3 Å². The van der Waals surface area contributed by atoms with Crippen molar-refractivity contribution in [1.82, 2.24) is 0 Å². The third kappa shape index (κ3) is 7.87. The highest BCUT2D eigenvalue weighted by molar-refractivity contribution is 5.94. The van der Waals surface area contributed by atoms with Gasteiger partial charge in [-0.25, -0.2) is 0 Å². The second-order valence-corrected chi connectivity index (χ2v) is 13.9. The van der Waals surface area contributed by atoms with Crippen LogP contribution in [0.3, 0.4) is 0 Å². The number of nitrogens with zero attached hydrogens (tertiary/aromatic N) is 2. The van der Waals surface area contributed by atoms with E-state index in [1.165, 1.54) is 0 Å². The lowest BCUT2D eigenvalue weighted by molar-refractivity contribution is -0.757. The third-order valence-electron chi connectivity index (χ3n) is 11.1. The van der Waals surface area contributed by atoms with E-state index in [0.717, 1.165) is 5.57 Å². The number of rotatable bonds is 18. The largest absolute Gasteiger partial charge is 0.457 e. The zero-order chi connectivity index (χ0) is 35.1. The summed E-state index contributed by atoms with van der Waals surface area (Å²) in [5, 5.41) is 30.7. The second-order valence-electron chi connectivity index (χ2n) is 13.9. The van der Waals surface area contributed by atoms with Gasteiger partial charge in [-0.1, -0.05) is 44.4 Å². The number of ketones is 2. The van der Waals surface area contributed by atoms with Crippen LogP contribution >= 0.6 is 0 Å². The van der Waals surface area contributed by atoms with Crippen LogP contribution in [0.5, 0.6) is 0 Å². The molecule has 0 aromatic carbocycles. The summed E-state index contributed by atoms with van der Waals surface area (Å²) in [5.41, 5.74) is -2.16. The quantitative estimate of drug-likeness (QED) is 0.0709. The molecule has 15 heteroatoms. The predicted molar refractivity (Wildman–Crippen MR) is 166 cm³/mol. The molecule has 1 N–H and O–H groups in total. The molecule has 0 bridgehead atoms. The van der Waals surface area contributed by atoms with Gasteiger partial charge in [-0.05, 0) is 69.3 Å². The summed E-state index contributed by atoms with van der Waals surface area (Å²) < 4.78 is 11.5. The highest BCUT2D eigenvalue weighted by Gasteiger charge is 2.70. The fourth-order valence-corrected chi connectivity index (χ4v) is 8.86. The molecular formula is C33H46N2O13. The summed E-state index contributed by atoms with van der Waals surface area (Å²) in [6.07, 6.45) is 8.90. The molecule has 2 fully saturated rings. The van der Waals surface area contributed by atoms with Crippen molar-refractivity contribution in [3.8, 4) is 0 Å². The van der Waals surface area contributed by atoms with Crippen LogP contribution in [0.4, 0.5) is 0 Å². The summed E-state index contributed by atoms with van der Waals surface area (Å²) in [6, 6.07) is 0. The number of Topliss-reactive ketones (excluding diaryl/α,β-unsaturated/α-hetero) is 1. The molecule has 0 saturated heterocycles. The molecule has 0 aromatic rings. The first-order chi connectivity index (χ1) is 22.7. The van der Waals surface area contributed by atoms with Crippen molar-refractivity contribution in [2.75, 3.05) is 19.8 Å². The first kappa shape index (κ1) is 36.9. The Morgan fingerprint density at radius 3 is 2.21 bits per heavy atom. The van der Waals surface area contributed by atoms with Gasteiger partial charge in [-0.2, -0.15) is 0 Å². The Labute approximate surface area is 278 Å². The fraction of sp³-hybridized carbons (Fsp3) is 0.758. The normalized spacial score (nSPS) is 31.8. The zero-order valence-corrected chi connectivity index (χ0v) is 27.6. The van der Waals surface area contributed by atoms with Gasteiger partial charge >= 0.3 is 11.9 Å². The summed E-state index contributed by atoms with van der Waals surface area (Å²) in [7, 11) is 0. The van der Waals surface area contributed by atoms with E-state index in [1.54, 1.807) is 6.08 Å². The Bertz CT molecular complexity index is 1330. The van der Waals surface area contributed by atoms with Crippen molar-refractivity contribution < 1.29 is 53.6 Å². The number of carbonyl (C=O) groups is 4. The number of aliphatic hydroxyl groups is 1. The van der Waals surface area contributed by atoms with Crippen molar-refractivity contribution in [3.05, 3.63) is 44.0 Å². The molecule has 0 heterocycles. The van der Waals surface area contributed by atoms with E-state index in [2.05, 4.69) is 15.8 Å². The molecule has 15 nitrogen and oxygen atoms in total. The molecule has 0 aliphatic heterocycles.